The third kappa shape index (κ3) is 6.98. The zero-order valence-electron chi connectivity index (χ0n) is 17.7. The van der Waals surface area contributed by atoms with E-state index >= 15 is 0 Å². The van der Waals surface area contributed by atoms with Crippen molar-refractivity contribution in [2.24, 2.45) is 0 Å². The second kappa shape index (κ2) is 11.4. The van der Waals surface area contributed by atoms with Crippen LogP contribution in [0.2, 0.25) is 0 Å². The fraction of sp³-hybridized carbons (Fsp3) is 0.304. The summed E-state index contributed by atoms with van der Waals surface area (Å²) >= 11 is 0. The molecule has 2 aromatic rings. The van der Waals surface area contributed by atoms with Crippen LogP contribution in [0.4, 0.5) is 0 Å². The first kappa shape index (κ1) is 24.1. The van der Waals surface area contributed by atoms with Crippen LogP contribution in [0.5, 0.6) is 0 Å². The number of amides is 3. The Balaban J connectivity index is 1.51. The standard InChI is InChI=1S/C23H25N3O6S/c27-20(24-17(23(30)31)11-12-33(32)16-9-5-2-6-10-16)14-19-22(29)25-18(21(28)26-19)13-15-7-3-1-4-8-15/h1-10,17-19H,11-14H2,(H,24,27)(H,25,29)(H,26,28)(H,30,31)/t17-,18+,19+,33+/m1/s1. The van der Waals surface area contributed by atoms with Gasteiger partial charge in [-0.3, -0.25) is 18.6 Å². The van der Waals surface area contributed by atoms with Crippen molar-refractivity contribution >= 4 is 34.5 Å². The van der Waals surface area contributed by atoms with Crippen LogP contribution in [0.1, 0.15) is 18.4 Å². The Labute approximate surface area is 193 Å². The fourth-order valence-electron chi connectivity index (χ4n) is 3.42. The first-order chi connectivity index (χ1) is 15.8. The van der Waals surface area contributed by atoms with E-state index in [-0.39, 0.29) is 12.2 Å². The molecule has 3 amide bonds. The smallest absolute Gasteiger partial charge is 0.326 e. The molecule has 1 heterocycles. The molecule has 0 aromatic heterocycles. The molecule has 4 atom stereocenters. The topological polar surface area (TPSA) is 142 Å². The van der Waals surface area contributed by atoms with Gasteiger partial charge in [-0.1, -0.05) is 48.5 Å². The van der Waals surface area contributed by atoms with Crippen molar-refractivity contribution in [3.8, 4) is 0 Å². The van der Waals surface area contributed by atoms with Gasteiger partial charge in [0.25, 0.3) is 0 Å². The Morgan fingerprint density at radius 3 is 2.15 bits per heavy atom. The number of carbonyl (C=O) groups excluding carboxylic acids is 3. The van der Waals surface area contributed by atoms with E-state index < -0.39 is 59.0 Å². The van der Waals surface area contributed by atoms with Gasteiger partial charge in [0, 0.05) is 17.1 Å². The van der Waals surface area contributed by atoms with E-state index in [4.69, 9.17) is 0 Å². The molecule has 2 aromatic carbocycles. The highest BCUT2D eigenvalue weighted by Crippen LogP contribution is 2.10. The fourth-order valence-corrected chi connectivity index (χ4v) is 4.57. The lowest BCUT2D eigenvalue weighted by Gasteiger charge is -2.29. The summed E-state index contributed by atoms with van der Waals surface area (Å²) in [6.45, 7) is 0. The number of rotatable bonds is 10. The molecule has 1 fully saturated rings. The number of carboxylic acid groups (broad SMARTS) is 1. The van der Waals surface area contributed by atoms with E-state index in [2.05, 4.69) is 16.0 Å². The number of hydrogen-bond donors (Lipinski definition) is 4. The van der Waals surface area contributed by atoms with Crippen LogP contribution in [0, 0.1) is 0 Å². The van der Waals surface area contributed by atoms with Crippen molar-refractivity contribution in [2.75, 3.05) is 5.75 Å². The van der Waals surface area contributed by atoms with Crippen LogP contribution in [0.15, 0.2) is 65.6 Å². The molecule has 1 aliphatic rings. The van der Waals surface area contributed by atoms with Crippen LogP contribution in [0.3, 0.4) is 0 Å². The van der Waals surface area contributed by atoms with Crippen LogP contribution in [-0.2, 0) is 36.4 Å². The maximum absolute atomic E-state index is 12.4. The molecule has 0 unspecified atom stereocenters. The second-order valence-electron chi connectivity index (χ2n) is 7.63. The Kier molecular flexibility index (Phi) is 8.31. The summed E-state index contributed by atoms with van der Waals surface area (Å²) in [6.07, 6.45) is -0.136. The van der Waals surface area contributed by atoms with Crippen LogP contribution in [-0.4, -0.2) is 56.9 Å². The number of aliphatic carboxylic acids is 1. The molecule has 1 aliphatic heterocycles. The van der Waals surface area contributed by atoms with Crippen LogP contribution in [0.25, 0.3) is 0 Å². The zero-order valence-corrected chi connectivity index (χ0v) is 18.5. The van der Waals surface area contributed by atoms with Crippen molar-refractivity contribution in [3.05, 3.63) is 66.2 Å². The minimum absolute atomic E-state index is 0.0447. The molecule has 0 bridgehead atoms. The lowest BCUT2D eigenvalue weighted by atomic mass is 10.0. The normalized spacial score (nSPS) is 19.6. The van der Waals surface area contributed by atoms with Crippen molar-refractivity contribution in [2.45, 2.75) is 42.3 Å². The minimum Gasteiger partial charge on any atom is -0.480 e. The molecule has 174 valence electrons. The average Bonchev–Trinajstić information content (AvgIpc) is 2.80. The lowest BCUT2D eigenvalue weighted by Crippen LogP contribution is -2.63. The maximum Gasteiger partial charge on any atom is 0.326 e. The van der Waals surface area contributed by atoms with E-state index in [9.17, 15) is 28.5 Å². The Hall–Kier alpha value is -3.53. The Bertz CT molecular complexity index is 1030. The highest BCUT2D eigenvalue weighted by atomic mass is 32.2. The predicted octanol–water partition coefficient (Wildman–Crippen LogP) is 0.370. The first-order valence-corrected chi connectivity index (χ1v) is 11.8. The van der Waals surface area contributed by atoms with Gasteiger partial charge in [-0.15, -0.1) is 0 Å². The van der Waals surface area contributed by atoms with E-state index in [0.29, 0.717) is 11.3 Å². The highest BCUT2D eigenvalue weighted by Gasteiger charge is 2.35. The monoisotopic (exact) mass is 471 g/mol. The van der Waals surface area contributed by atoms with Crippen molar-refractivity contribution < 1.29 is 28.5 Å². The van der Waals surface area contributed by atoms with E-state index in [1.54, 1.807) is 30.3 Å². The molecule has 0 radical (unpaired) electrons. The van der Waals surface area contributed by atoms with Gasteiger partial charge in [0.15, 0.2) is 0 Å². The number of carbonyl (C=O) groups is 4. The van der Waals surface area contributed by atoms with Crippen LogP contribution >= 0.6 is 0 Å². The molecule has 0 aliphatic carbocycles. The summed E-state index contributed by atoms with van der Waals surface area (Å²) in [5, 5.41) is 16.9. The molecule has 3 rings (SSSR count). The van der Waals surface area contributed by atoms with Gasteiger partial charge in [-0.2, -0.15) is 0 Å². The molecule has 9 nitrogen and oxygen atoms in total. The molecular formula is C23H25N3O6S. The summed E-state index contributed by atoms with van der Waals surface area (Å²) < 4.78 is 12.3. The van der Waals surface area contributed by atoms with Gasteiger partial charge in [0.1, 0.15) is 18.1 Å². The Morgan fingerprint density at radius 1 is 0.939 bits per heavy atom. The summed E-state index contributed by atoms with van der Waals surface area (Å²) in [5.74, 6) is -2.85. The van der Waals surface area contributed by atoms with Gasteiger partial charge in [-0.05, 0) is 24.1 Å². The summed E-state index contributed by atoms with van der Waals surface area (Å²) in [6, 6.07) is 14.7. The molecule has 1 saturated heterocycles. The van der Waals surface area contributed by atoms with Crippen LogP contribution < -0.4 is 16.0 Å². The third-order valence-corrected chi connectivity index (χ3v) is 6.57. The SMILES string of the molecule is O=C(C[C@@H]1NC(=O)[C@H](Cc2ccccc2)NC1=O)N[C@H](CC[S@](=O)c1ccccc1)C(=O)O. The van der Waals surface area contributed by atoms with E-state index in [0.717, 1.165) is 5.56 Å². The van der Waals surface area contributed by atoms with Crippen molar-refractivity contribution in [1.82, 2.24) is 16.0 Å². The number of benzene rings is 2. The average molecular weight is 472 g/mol. The third-order valence-electron chi connectivity index (χ3n) is 5.17. The number of carboxylic acids is 1. The molecule has 33 heavy (non-hydrogen) atoms. The minimum atomic E-state index is -1.41. The lowest BCUT2D eigenvalue weighted by molar-refractivity contribution is -0.142. The largest absolute Gasteiger partial charge is 0.480 e. The van der Waals surface area contributed by atoms with Gasteiger partial charge in [-0.25, -0.2) is 4.79 Å². The van der Waals surface area contributed by atoms with E-state index in [1.807, 2.05) is 30.3 Å². The van der Waals surface area contributed by atoms with Gasteiger partial charge >= 0.3 is 5.97 Å². The van der Waals surface area contributed by atoms with E-state index in [1.165, 1.54) is 0 Å². The summed E-state index contributed by atoms with van der Waals surface area (Å²) in [7, 11) is -1.41. The number of piperazine rings is 1. The van der Waals surface area contributed by atoms with Gasteiger partial charge in [0.05, 0.1) is 17.2 Å². The predicted molar refractivity (Wildman–Crippen MR) is 121 cm³/mol. The maximum atomic E-state index is 12.4. The van der Waals surface area contributed by atoms with Crippen molar-refractivity contribution in [1.29, 1.82) is 0 Å². The summed E-state index contributed by atoms with van der Waals surface area (Å²) in [5.41, 5.74) is 0.881. The highest BCUT2D eigenvalue weighted by molar-refractivity contribution is 7.85. The van der Waals surface area contributed by atoms with Crippen molar-refractivity contribution in [3.63, 3.8) is 0 Å². The summed E-state index contributed by atoms with van der Waals surface area (Å²) in [4.78, 5) is 49.3. The number of nitrogens with one attached hydrogen (secondary N) is 3. The second-order valence-corrected chi connectivity index (χ2v) is 9.20. The first-order valence-electron chi connectivity index (χ1n) is 10.4. The quantitative estimate of drug-likeness (QED) is 0.395. The molecule has 0 spiro atoms. The molecular weight excluding hydrogens is 446 g/mol. The Morgan fingerprint density at radius 2 is 1.52 bits per heavy atom. The molecule has 10 heteroatoms. The molecule has 4 N–H and O–H groups in total. The number of hydrogen-bond acceptors (Lipinski definition) is 5. The van der Waals surface area contributed by atoms with Gasteiger partial charge in [0.2, 0.25) is 17.7 Å². The zero-order chi connectivity index (χ0) is 23.8. The molecule has 0 saturated carbocycles. The van der Waals surface area contributed by atoms with Gasteiger partial charge < -0.3 is 21.1 Å².